The predicted molar refractivity (Wildman–Crippen MR) is 74.1 cm³/mol. The van der Waals surface area contributed by atoms with Crippen LogP contribution in [0.15, 0.2) is 29.1 Å². The van der Waals surface area contributed by atoms with Crippen molar-refractivity contribution >= 4 is 34.5 Å². The van der Waals surface area contributed by atoms with Gasteiger partial charge in [-0.1, -0.05) is 35.3 Å². The van der Waals surface area contributed by atoms with Gasteiger partial charge < -0.3 is 5.32 Å². The Morgan fingerprint density at radius 2 is 2.24 bits per heavy atom. The molecule has 0 aliphatic carbocycles. The van der Waals surface area contributed by atoms with Gasteiger partial charge in [0, 0.05) is 5.38 Å². The number of likely N-dealkylation sites (N-methyl/N-ethyl adjacent to an activating group) is 1. The molecule has 0 saturated carbocycles. The van der Waals surface area contributed by atoms with Crippen LogP contribution in [-0.4, -0.2) is 12.0 Å². The largest absolute Gasteiger partial charge is 0.311 e. The van der Waals surface area contributed by atoms with Crippen molar-refractivity contribution in [1.29, 1.82) is 0 Å². The molecule has 0 saturated heterocycles. The van der Waals surface area contributed by atoms with Crippen LogP contribution in [0.4, 0.5) is 0 Å². The average Bonchev–Trinajstić information content (AvgIpc) is 2.85. The molecule has 0 amide bonds. The summed E-state index contributed by atoms with van der Waals surface area (Å²) in [6.07, 6.45) is 0.777. The second-order valence-corrected chi connectivity index (χ2v) is 5.18. The van der Waals surface area contributed by atoms with E-state index in [1.165, 1.54) is 0 Å². The fourth-order valence-corrected chi connectivity index (χ4v) is 2.68. The number of benzene rings is 1. The molecule has 2 rings (SSSR count). The van der Waals surface area contributed by atoms with Crippen LogP contribution in [0.5, 0.6) is 0 Å². The highest BCUT2D eigenvalue weighted by molar-refractivity contribution is 7.07. The first-order valence-corrected chi connectivity index (χ1v) is 6.90. The van der Waals surface area contributed by atoms with E-state index < -0.39 is 0 Å². The van der Waals surface area contributed by atoms with Crippen molar-refractivity contribution in [3.8, 4) is 0 Å². The first-order valence-electron chi connectivity index (χ1n) is 5.20. The minimum Gasteiger partial charge on any atom is -0.311 e. The summed E-state index contributed by atoms with van der Waals surface area (Å²) in [4.78, 5) is 4.32. The standard InChI is InChI=1S/C12H12Cl2N2S/c1-15-10(11-6-17-7-16-11)5-8-3-2-4-9(13)12(8)14/h2-4,6-7,10,15H,5H2,1H3. The molecule has 0 bridgehead atoms. The quantitative estimate of drug-likeness (QED) is 0.921. The van der Waals surface area contributed by atoms with Gasteiger partial charge in [0.1, 0.15) is 0 Å². The summed E-state index contributed by atoms with van der Waals surface area (Å²) >= 11 is 13.8. The zero-order valence-electron chi connectivity index (χ0n) is 9.28. The molecule has 1 atom stereocenters. The first-order chi connectivity index (χ1) is 8.22. The minimum absolute atomic E-state index is 0.164. The first kappa shape index (κ1) is 12.8. The molecule has 1 aromatic heterocycles. The maximum Gasteiger partial charge on any atom is 0.0795 e. The SMILES string of the molecule is CNC(Cc1cccc(Cl)c1Cl)c1cscn1. The van der Waals surface area contributed by atoms with E-state index in [-0.39, 0.29) is 6.04 Å². The molecule has 5 heteroatoms. The number of aromatic nitrogens is 1. The highest BCUT2D eigenvalue weighted by atomic mass is 35.5. The number of halogens is 2. The third-order valence-corrected chi connectivity index (χ3v) is 4.08. The summed E-state index contributed by atoms with van der Waals surface area (Å²) < 4.78 is 0. The molecule has 1 heterocycles. The van der Waals surface area contributed by atoms with Crippen LogP contribution in [0.25, 0.3) is 0 Å². The van der Waals surface area contributed by atoms with Gasteiger partial charge in [-0.2, -0.15) is 0 Å². The van der Waals surface area contributed by atoms with Crippen molar-refractivity contribution in [1.82, 2.24) is 10.3 Å². The van der Waals surface area contributed by atoms with E-state index in [2.05, 4.69) is 10.3 Å². The van der Waals surface area contributed by atoms with Gasteiger partial charge in [-0.25, -0.2) is 4.98 Å². The second-order valence-electron chi connectivity index (χ2n) is 3.67. The van der Waals surface area contributed by atoms with Crippen LogP contribution in [0, 0.1) is 0 Å². The number of hydrogen-bond donors (Lipinski definition) is 1. The summed E-state index contributed by atoms with van der Waals surface area (Å²) in [5, 5.41) is 6.51. The van der Waals surface area contributed by atoms with Crippen LogP contribution in [0.3, 0.4) is 0 Å². The molecule has 0 spiro atoms. The highest BCUT2D eigenvalue weighted by Gasteiger charge is 2.14. The Bertz CT molecular complexity index is 485. The molecular weight excluding hydrogens is 275 g/mol. The van der Waals surface area contributed by atoms with Crippen LogP contribution in [0.2, 0.25) is 10.0 Å². The summed E-state index contributed by atoms with van der Waals surface area (Å²) in [5.74, 6) is 0. The van der Waals surface area contributed by atoms with Crippen LogP contribution in [0.1, 0.15) is 17.3 Å². The molecule has 90 valence electrons. The lowest BCUT2D eigenvalue weighted by Gasteiger charge is -2.15. The second kappa shape index (κ2) is 5.83. The molecular formula is C12H12Cl2N2S. The topological polar surface area (TPSA) is 24.9 Å². The predicted octanol–water partition coefficient (Wildman–Crippen LogP) is 3.95. The van der Waals surface area contributed by atoms with Gasteiger partial charge in [0.2, 0.25) is 0 Å². The molecule has 2 aromatic rings. The van der Waals surface area contributed by atoms with Crippen molar-refractivity contribution in [2.24, 2.45) is 0 Å². The maximum absolute atomic E-state index is 6.18. The van der Waals surface area contributed by atoms with Gasteiger partial charge in [-0.05, 0) is 25.1 Å². The van der Waals surface area contributed by atoms with Crippen LogP contribution < -0.4 is 5.32 Å². The van der Waals surface area contributed by atoms with E-state index in [0.29, 0.717) is 10.0 Å². The zero-order chi connectivity index (χ0) is 12.3. The summed E-state index contributed by atoms with van der Waals surface area (Å²) in [5.41, 5.74) is 3.90. The van der Waals surface area contributed by atoms with E-state index >= 15 is 0 Å². The number of rotatable bonds is 4. The third-order valence-electron chi connectivity index (χ3n) is 2.61. The lowest BCUT2D eigenvalue weighted by Crippen LogP contribution is -2.19. The lowest BCUT2D eigenvalue weighted by molar-refractivity contribution is 0.579. The highest BCUT2D eigenvalue weighted by Crippen LogP contribution is 2.29. The minimum atomic E-state index is 0.164. The van der Waals surface area contributed by atoms with Crippen molar-refractivity contribution < 1.29 is 0 Å². The van der Waals surface area contributed by atoms with Crippen molar-refractivity contribution in [2.75, 3.05) is 7.05 Å². The number of nitrogens with zero attached hydrogens (tertiary/aromatic N) is 1. The summed E-state index contributed by atoms with van der Waals surface area (Å²) in [7, 11) is 1.92. The molecule has 2 nitrogen and oxygen atoms in total. The van der Waals surface area contributed by atoms with E-state index in [4.69, 9.17) is 23.2 Å². The molecule has 1 N–H and O–H groups in total. The van der Waals surface area contributed by atoms with Crippen molar-refractivity contribution in [3.05, 3.63) is 50.4 Å². The van der Waals surface area contributed by atoms with Gasteiger partial charge in [0.25, 0.3) is 0 Å². The van der Waals surface area contributed by atoms with Gasteiger partial charge >= 0.3 is 0 Å². The van der Waals surface area contributed by atoms with E-state index in [1.807, 2.05) is 30.1 Å². The Balaban J connectivity index is 2.22. The number of thiazole rings is 1. The third kappa shape index (κ3) is 2.99. The fourth-order valence-electron chi connectivity index (χ4n) is 1.67. The zero-order valence-corrected chi connectivity index (χ0v) is 11.6. The van der Waals surface area contributed by atoms with Crippen molar-refractivity contribution in [2.45, 2.75) is 12.5 Å². The smallest absolute Gasteiger partial charge is 0.0795 e. The molecule has 1 aromatic carbocycles. The summed E-state index contributed by atoms with van der Waals surface area (Å²) in [6, 6.07) is 5.87. The molecule has 1 unspecified atom stereocenters. The normalized spacial score (nSPS) is 12.6. The Labute approximate surface area is 115 Å². The Kier molecular flexibility index (Phi) is 4.40. The van der Waals surface area contributed by atoms with Crippen LogP contribution in [-0.2, 0) is 6.42 Å². The van der Waals surface area contributed by atoms with E-state index in [9.17, 15) is 0 Å². The van der Waals surface area contributed by atoms with Crippen LogP contribution >= 0.6 is 34.5 Å². The summed E-state index contributed by atoms with van der Waals surface area (Å²) in [6.45, 7) is 0. The Morgan fingerprint density at radius 1 is 1.41 bits per heavy atom. The lowest BCUT2D eigenvalue weighted by atomic mass is 10.0. The molecule has 0 radical (unpaired) electrons. The van der Waals surface area contributed by atoms with Crippen molar-refractivity contribution in [3.63, 3.8) is 0 Å². The average molecular weight is 287 g/mol. The van der Waals surface area contributed by atoms with E-state index in [0.717, 1.165) is 17.7 Å². The maximum atomic E-state index is 6.18. The van der Waals surface area contributed by atoms with Gasteiger partial charge in [0.15, 0.2) is 0 Å². The Morgan fingerprint density at radius 3 is 2.88 bits per heavy atom. The number of nitrogens with one attached hydrogen (secondary N) is 1. The Hall–Kier alpha value is -0.610. The molecule has 17 heavy (non-hydrogen) atoms. The molecule has 0 aliphatic heterocycles. The van der Waals surface area contributed by atoms with E-state index in [1.54, 1.807) is 17.4 Å². The molecule has 0 aliphatic rings. The molecule has 0 fully saturated rings. The van der Waals surface area contributed by atoms with Gasteiger partial charge in [-0.3, -0.25) is 0 Å². The number of hydrogen-bond acceptors (Lipinski definition) is 3. The fraction of sp³-hybridized carbons (Fsp3) is 0.250. The van der Waals surface area contributed by atoms with Gasteiger partial charge in [0.05, 0.1) is 27.3 Å². The monoisotopic (exact) mass is 286 g/mol. The van der Waals surface area contributed by atoms with Gasteiger partial charge in [-0.15, -0.1) is 11.3 Å².